The summed E-state index contributed by atoms with van der Waals surface area (Å²) in [6.07, 6.45) is 0. The molecule has 0 saturated carbocycles. The lowest BCUT2D eigenvalue weighted by molar-refractivity contribution is 0.0519. The SMILES string of the molecule is CCOC(=O)c1cc(C)n2nc(-c3ccccc3)cc2n1. The summed E-state index contributed by atoms with van der Waals surface area (Å²) < 4.78 is 6.72. The molecule has 5 heteroatoms. The summed E-state index contributed by atoms with van der Waals surface area (Å²) in [7, 11) is 0. The summed E-state index contributed by atoms with van der Waals surface area (Å²) in [5.41, 5.74) is 3.62. The lowest BCUT2D eigenvalue weighted by Crippen LogP contribution is -2.09. The fourth-order valence-corrected chi connectivity index (χ4v) is 2.18. The van der Waals surface area contributed by atoms with E-state index in [1.54, 1.807) is 17.5 Å². The van der Waals surface area contributed by atoms with Crippen LogP contribution in [0.4, 0.5) is 0 Å². The van der Waals surface area contributed by atoms with Gasteiger partial charge in [0.25, 0.3) is 0 Å². The Hall–Kier alpha value is -2.69. The highest BCUT2D eigenvalue weighted by atomic mass is 16.5. The molecule has 0 fully saturated rings. The number of nitrogens with zero attached hydrogens (tertiary/aromatic N) is 3. The number of ether oxygens (including phenoxy) is 1. The van der Waals surface area contributed by atoms with E-state index in [-0.39, 0.29) is 0 Å². The molecule has 3 rings (SSSR count). The zero-order valence-corrected chi connectivity index (χ0v) is 11.9. The third-order valence-corrected chi connectivity index (χ3v) is 3.16. The largest absolute Gasteiger partial charge is 0.461 e. The van der Waals surface area contributed by atoms with Crippen LogP contribution >= 0.6 is 0 Å². The number of hydrogen-bond donors (Lipinski definition) is 0. The number of benzene rings is 1. The molecule has 0 unspecified atom stereocenters. The van der Waals surface area contributed by atoms with E-state index >= 15 is 0 Å². The predicted octanol–water partition coefficient (Wildman–Crippen LogP) is 2.88. The molecule has 106 valence electrons. The van der Waals surface area contributed by atoms with Gasteiger partial charge in [-0.05, 0) is 19.9 Å². The zero-order valence-electron chi connectivity index (χ0n) is 11.9. The van der Waals surface area contributed by atoms with Gasteiger partial charge in [0, 0.05) is 17.3 Å². The highest BCUT2D eigenvalue weighted by Crippen LogP contribution is 2.19. The minimum Gasteiger partial charge on any atom is -0.461 e. The Kier molecular flexibility index (Phi) is 3.39. The lowest BCUT2D eigenvalue weighted by Gasteiger charge is -2.03. The zero-order chi connectivity index (χ0) is 14.8. The first-order chi connectivity index (χ1) is 10.2. The monoisotopic (exact) mass is 281 g/mol. The molecule has 1 aromatic carbocycles. The standard InChI is InChI=1S/C16H15N3O2/c1-3-21-16(20)14-9-11(2)19-15(17-14)10-13(18-19)12-7-5-4-6-8-12/h4-10H,3H2,1-2H3. The smallest absolute Gasteiger partial charge is 0.357 e. The van der Waals surface area contributed by atoms with Crippen LogP contribution in [-0.4, -0.2) is 27.2 Å². The fraction of sp³-hybridized carbons (Fsp3) is 0.188. The number of carbonyl (C=O) groups is 1. The van der Waals surface area contributed by atoms with E-state index in [1.165, 1.54) is 0 Å². The van der Waals surface area contributed by atoms with Crippen LogP contribution in [0.2, 0.25) is 0 Å². The molecule has 0 aliphatic heterocycles. The van der Waals surface area contributed by atoms with Gasteiger partial charge in [0.05, 0.1) is 12.3 Å². The lowest BCUT2D eigenvalue weighted by atomic mass is 10.2. The maximum absolute atomic E-state index is 11.8. The molecule has 0 atom stereocenters. The van der Waals surface area contributed by atoms with Gasteiger partial charge in [-0.1, -0.05) is 30.3 Å². The summed E-state index contributed by atoms with van der Waals surface area (Å²) in [6, 6.07) is 13.4. The minimum absolute atomic E-state index is 0.307. The molecule has 0 aliphatic rings. The fourth-order valence-electron chi connectivity index (χ4n) is 2.18. The van der Waals surface area contributed by atoms with Crippen LogP contribution in [-0.2, 0) is 4.74 Å². The van der Waals surface area contributed by atoms with Crippen molar-refractivity contribution in [3.63, 3.8) is 0 Å². The summed E-state index contributed by atoms with van der Waals surface area (Å²) in [5.74, 6) is -0.412. The van der Waals surface area contributed by atoms with Gasteiger partial charge >= 0.3 is 5.97 Å². The second kappa shape index (κ2) is 5.36. The van der Waals surface area contributed by atoms with E-state index in [2.05, 4.69) is 10.1 Å². The van der Waals surface area contributed by atoms with Crippen molar-refractivity contribution in [1.82, 2.24) is 14.6 Å². The molecule has 5 nitrogen and oxygen atoms in total. The Morgan fingerprint density at radius 1 is 1.24 bits per heavy atom. The van der Waals surface area contributed by atoms with Crippen molar-refractivity contribution in [2.45, 2.75) is 13.8 Å². The van der Waals surface area contributed by atoms with Crippen LogP contribution in [0.5, 0.6) is 0 Å². The number of carbonyl (C=O) groups excluding carboxylic acids is 1. The Labute approximate surface area is 122 Å². The van der Waals surface area contributed by atoms with Gasteiger partial charge in [-0.15, -0.1) is 0 Å². The van der Waals surface area contributed by atoms with Crippen LogP contribution in [0.25, 0.3) is 16.9 Å². The second-order valence-corrected chi connectivity index (χ2v) is 4.67. The third kappa shape index (κ3) is 2.50. The van der Waals surface area contributed by atoms with E-state index < -0.39 is 5.97 Å². The number of fused-ring (bicyclic) bond motifs is 1. The van der Waals surface area contributed by atoms with E-state index in [1.807, 2.05) is 43.3 Å². The molecule has 2 aromatic heterocycles. The van der Waals surface area contributed by atoms with Crippen LogP contribution in [0.15, 0.2) is 42.5 Å². The summed E-state index contributed by atoms with van der Waals surface area (Å²) in [4.78, 5) is 16.1. The maximum atomic E-state index is 11.8. The number of rotatable bonds is 3. The van der Waals surface area contributed by atoms with Gasteiger partial charge in [0.2, 0.25) is 0 Å². The van der Waals surface area contributed by atoms with Gasteiger partial charge < -0.3 is 4.74 Å². The minimum atomic E-state index is -0.412. The Bertz CT molecular complexity index is 794. The average Bonchev–Trinajstić information content (AvgIpc) is 2.93. The van der Waals surface area contributed by atoms with Crippen molar-refractivity contribution in [2.75, 3.05) is 6.61 Å². The van der Waals surface area contributed by atoms with Gasteiger partial charge in [-0.3, -0.25) is 0 Å². The van der Waals surface area contributed by atoms with E-state index in [0.717, 1.165) is 17.0 Å². The highest BCUT2D eigenvalue weighted by Gasteiger charge is 2.13. The van der Waals surface area contributed by atoms with Crippen LogP contribution in [0.3, 0.4) is 0 Å². The topological polar surface area (TPSA) is 56.5 Å². The molecule has 0 radical (unpaired) electrons. The molecule has 0 bridgehead atoms. The first-order valence-electron chi connectivity index (χ1n) is 6.79. The van der Waals surface area contributed by atoms with Crippen molar-refractivity contribution >= 4 is 11.6 Å². The molecule has 21 heavy (non-hydrogen) atoms. The van der Waals surface area contributed by atoms with E-state index in [4.69, 9.17) is 4.74 Å². The highest BCUT2D eigenvalue weighted by molar-refractivity contribution is 5.88. The number of aromatic nitrogens is 3. The van der Waals surface area contributed by atoms with E-state index in [0.29, 0.717) is 17.9 Å². The van der Waals surface area contributed by atoms with Crippen LogP contribution in [0.1, 0.15) is 23.1 Å². The maximum Gasteiger partial charge on any atom is 0.357 e. The van der Waals surface area contributed by atoms with Crippen molar-refractivity contribution < 1.29 is 9.53 Å². The molecular formula is C16H15N3O2. The summed E-state index contributed by atoms with van der Waals surface area (Å²) in [6.45, 7) is 3.99. The second-order valence-electron chi connectivity index (χ2n) is 4.67. The van der Waals surface area contributed by atoms with Crippen molar-refractivity contribution in [2.24, 2.45) is 0 Å². The molecule has 0 aliphatic carbocycles. The van der Waals surface area contributed by atoms with Gasteiger partial charge in [-0.25, -0.2) is 14.3 Å². The first kappa shape index (κ1) is 13.3. The van der Waals surface area contributed by atoms with Crippen molar-refractivity contribution in [3.05, 3.63) is 53.9 Å². The average molecular weight is 281 g/mol. The Morgan fingerprint density at radius 2 is 2.00 bits per heavy atom. The molecule has 0 N–H and O–H groups in total. The van der Waals surface area contributed by atoms with Gasteiger partial charge in [-0.2, -0.15) is 5.10 Å². The third-order valence-electron chi connectivity index (χ3n) is 3.16. The summed E-state index contributed by atoms with van der Waals surface area (Å²) in [5, 5.41) is 4.53. The Balaban J connectivity index is 2.09. The predicted molar refractivity (Wildman–Crippen MR) is 79.1 cm³/mol. The molecule has 3 aromatic rings. The van der Waals surface area contributed by atoms with Crippen LogP contribution < -0.4 is 0 Å². The van der Waals surface area contributed by atoms with Crippen molar-refractivity contribution in [1.29, 1.82) is 0 Å². The molecule has 0 spiro atoms. The van der Waals surface area contributed by atoms with Crippen molar-refractivity contribution in [3.8, 4) is 11.3 Å². The molecule has 2 heterocycles. The number of aryl methyl sites for hydroxylation is 1. The number of hydrogen-bond acceptors (Lipinski definition) is 4. The van der Waals surface area contributed by atoms with Gasteiger partial charge in [0.1, 0.15) is 0 Å². The molecule has 0 amide bonds. The number of esters is 1. The first-order valence-corrected chi connectivity index (χ1v) is 6.79. The summed E-state index contributed by atoms with van der Waals surface area (Å²) >= 11 is 0. The quantitative estimate of drug-likeness (QED) is 0.693. The molecule has 0 saturated heterocycles. The van der Waals surface area contributed by atoms with E-state index in [9.17, 15) is 4.79 Å². The molecular weight excluding hydrogens is 266 g/mol. The van der Waals surface area contributed by atoms with Gasteiger partial charge in [0.15, 0.2) is 11.3 Å². The van der Waals surface area contributed by atoms with Crippen LogP contribution in [0, 0.1) is 6.92 Å². The Morgan fingerprint density at radius 3 is 2.71 bits per heavy atom. The normalized spacial score (nSPS) is 10.8.